The van der Waals surface area contributed by atoms with Crippen LogP contribution in [0.15, 0.2) is 28.7 Å². The Labute approximate surface area is 129 Å². The first kappa shape index (κ1) is 16.1. The molecule has 21 heavy (non-hydrogen) atoms. The monoisotopic (exact) mass is 287 g/mol. The fourth-order valence-corrected chi connectivity index (χ4v) is 2.66. The lowest BCUT2D eigenvalue weighted by atomic mass is 10.1. The van der Waals surface area contributed by atoms with Gasteiger partial charge in [-0.05, 0) is 56.1 Å². The second-order valence-corrected chi connectivity index (χ2v) is 6.95. The topological polar surface area (TPSA) is 16.4 Å². The SMILES string of the molecule is CC(C)CCCN(C)Cc1ccc2oc(C(C)C)cc2c1. The third kappa shape index (κ3) is 4.60. The first-order chi connectivity index (χ1) is 9.95. The van der Waals surface area contributed by atoms with Gasteiger partial charge in [-0.3, -0.25) is 0 Å². The molecule has 1 aromatic heterocycles. The molecule has 0 amide bonds. The van der Waals surface area contributed by atoms with Gasteiger partial charge in [-0.1, -0.05) is 33.8 Å². The van der Waals surface area contributed by atoms with E-state index < -0.39 is 0 Å². The van der Waals surface area contributed by atoms with Gasteiger partial charge in [-0.2, -0.15) is 0 Å². The Kier molecular flexibility index (Phi) is 5.46. The molecular formula is C19H29NO. The lowest BCUT2D eigenvalue weighted by Crippen LogP contribution is -2.19. The number of furan rings is 1. The standard InChI is InChI=1S/C19H29NO/c1-14(2)7-6-10-20(5)13-16-8-9-18-17(11-16)12-19(21-18)15(3)4/h8-9,11-12,14-15H,6-7,10,13H2,1-5H3. The van der Waals surface area contributed by atoms with E-state index in [1.807, 2.05) is 0 Å². The van der Waals surface area contributed by atoms with E-state index in [0.717, 1.165) is 23.8 Å². The molecule has 1 heterocycles. The second kappa shape index (κ2) is 7.13. The van der Waals surface area contributed by atoms with Crippen molar-refractivity contribution in [2.24, 2.45) is 5.92 Å². The summed E-state index contributed by atoms with van der Waals surface area (Å²) in [7, 11) is 2.21. The van der Waals surface area contributed by atoms with Gasteiger partial charge in [-0.25, -0.2) is 0 Å². The summed E-state index contributed by atoms with van der Waals surface area (Å²) in [5, 5.41) is 1.23. The van der Waals surface area contributed by atoms with Gasteiger partial charge in [0, 0.05) is 17.8 Å². The van der Waals surface area contributed by atoms with Crippen molar-refractivity contribution >= 4 is 11.0 Å². The first-order valence-electron chi connectivity index (χ1n) is 8.16. The largest absolute Gasteiger partial charge is 0.461 e. The lowest BCUT2D eigenvalue weighted by Gasteiger charge is -2.17. The minimum absolute atomic E-state index is 0.444. The van der Waals surface area contributed by atoms with Gasteiger partial charge in [0.1, 0.15) is 11.3 Å². The number of nitrogens with zero attached hydrogens (tertiary/aromatic N) is 1. The van der Waals surface area contributed by atoms with Gasteiger partial charge in [0.05, 0.1) is 0 Å². The number of benzene rings is 1. The highest BCUT2D eigenvalue weighted by atomic mass is 16.3. The summed E-state index contributed by atoms with van der Waals surface area (Å²) < 4.78 is 5.87. The zero-order valence-electron chi connectivity index (χ0n) is 14.1. The summed E-state index contributed by atoms with van der Waals surface area (Å²) in [6, 6.07) is 8.75. The van der Waals surface area contributed by atoms with Crippen molar-refractivity contribution in [3.63, 3.8) is 0 Å². The van der Waals surface area contributed by atoms with Crippen LogP contribution in [0.1, 0.15) is 57.8 Å². The molecule has 2 rings (SSSR count). The van der Waals surface area contributed by atoms with Crippen LogP contribution in [0.3, 0.4) is 0 Å². The Hall–Kier alpha value is -1.28. The molecule has 116 valence electrons. The number of rotatable bonds is 7. The highest BCUT2D eigenvalue weighted by Gasteiger charge is 2.08. The molecule has 0 bridgehead atoms. The van der Waals surface area contributed by atoms with Crippen LogP contribution in [-0.2, 0) is 6.54 Å². The van der Waals surface area contributed by atoms with E-state index in [1.54, 1.807) is 0 Å². The van der Waals surface area contributed by atoms with Gasteiger partial charge in [0.25, 0.3) is 0 Å². The van der Waals surface area contributed by atoms with E-state index >= 15 is 0 Å². The predicted octanol–water partition coefficient (Wildman–Crippen LogP) is 5.42. The summed E-state index contributed by atoms with van der Waals surface area (Å²) in [5.41, 5.74) is 2.37. The molecule has 0 saturated carbocycles. The van der Waals surface area contributed by atoms with E-state index in [2.05, 4.69) is 63.9 Å². The van der Waals surface area contributed by atoms with Crippen LogP contribution in [0.2, 0.25) is 0 Å². The van der Waals surface area contributed by atoms with Crippen LogP contribution < -0.4 is 0 Å². The highest BCUT2D eigenvalue weighted by molar-refractivity contribution is 5.78. The third-order valence-corrected chi connectivity index (χ3v) is 3.94. The molecule has 0 radical (unpaired) electrons. The summed E-state index contributed by atoms with van der Waals surface area (Å²) in [6.45, 7) is 11.1. The molecule has 2 heteroatoms. The maximum atomic E-state index is 5.87. The Morgan fingerprint density at radius 2 is 1.86 bits per heavy atom. The number of hydrogen-bond acceptors (Lipinski definition) is 2. The molecular weight excluding hydrogens is 258 g/mol. The number of fused-ring (bicyclic) bond motifs is 1. The van der Waals surface area contributed by atoms with Crippen molar-refractivity contribution in [3.8, 4) is 0 Å². The van der Waals surface area contributed by atoms with Crippen LogP contribution >= 0.6 is 0 Å². The van der Waals surface area contributed by atoms with Gasteiger partial charge in [-0.15, -0.1) is 0 Å². The molecule has 0 aliphatic carbocycles. The number of hydrogen-bond donors (Lipinski definition) is 0. The minimum atomic E-state index is 0.444. The third-order valence-electron chi connectivity index (χ3n) is 3.94. The Morgan fingerprint density at radius 1 is 1.10 bits per heavy atom. The Balaban J connectivity index is 1.98. The fraction of sp³-hybridized carbons (Fsp3) is 0.579. The van der Waals surface area contributed by atoms with E-state index in [4.69, 9.17) is 4.42 Å². The van der Waals surface area contributed by atoms with Crippen LogP contribution in [0, 0.1) is 5.92 Å². The fourth-order valence-electron chi connectivity index (χ4n) is 2.66. The lowest BCUT2D eigenvalue weighted by molar-refractivity contribution is 0.311. The predicted molar refractivity (Wildman–Crippen MR) is 90.7 cm³/mol. The van der Waals surface area contributed by atoms with Crippen molar-refractivity contribution in [1.29, 1.82) is 0 Å². The molecule has 2 aromatic rings. The second-order valence-electron chi connectivity index (χ2n) is 6.95. The smallest absolute Gasteiger partial charge is 0.134 e. The van der Waals surface area contributed by atoms with Gasteiger partial charge in [0.2, 0.25) is 0 Å². The maximum absolute atomic E-state index is 5.87. The van der Waals surface area contributed by atoms with Gasteiger partial charge < -0.3 is 9.32 Å². The van der Waals surface area contributed by atoms with E-state index in [9.17, 15) is 0 Å². The highest BCUT2D eigenvalue weighted by Crippen LogP contribution is 2.26. The molecule has 2 nitrogen and oxygen atoms in total. The molecule has 0 aliphatic rings. The van der Waals surface area contributed by atoms with Crippen molar-refractivity contribution in [2.75, 3.05) is 13.6 Å². The van der Waals surface area contributed by atoms with Crippen molar-refractivity contribution in [2.45, 2.75) is 53.0 Å². The molecule has 0 spiro atoms. The molecule has 0 saturated heterocycles. The Morgan fingerprint density at radius 3 is 2.52 bits per heavy atom. The van der Waals surface area contributed by atoms with Crippen molar-refractivity contribution in [1.82, 2.24) is 4.90 Å². The van der Waals surface area contributed by atoms with Crippen LogP contribution in [0.5, 0.6) is 0 Å². The molecule has 1 aromatic carbocycles. The average Bonchev–Trinajstić information content (AvgIpc) is 2.81. The normalized spacial score (nSPS) is 12.2. The van der Waals surface area contributed by atoms with Crippen molar-refractivity contribution < 1.29 is 4.42 Å². The first-order valence-corrected chi connectivity index (χ1v) is 8.16. The zero-order valence-corrected chi connectivity index (χ0v) is 14.1. The van der Waals surface area contributed by atoms with E-state index in [-0.39, 0.29) is 0 Å². The average molecular weight is 287 g/mol. The minimum Gasteiger partial charge on any atom is -0.461 e. The molecule has 0 fully saturated rings. The quantitative estimate of drug-likeness (QED) is 0.675. The summed E-state index contributed by atoms with van der Waals surface area (Å²) in [4.78, 5) is 2.41. The Bertz CT molecular complexity index is 568. The van der Waals surface area contributed by atoms with E-state index in [1.165, 1.54) is 30.3 Å². The summed E-state index contributed by atoms with van der Waals surface area (Å²) in [6.07, 6.45) is 2.59. The van der Waals surface area contributed by atoms with Gasteiger partial charge >= 0.3 is 0 Å². The molecule has 0 aliphatic heterocycles. The molecule has 0 unspecified atom stereocenters. The molecule has 0 N–H and O–H groups in total. The maximum Gasteiger partial charge on any atom is 0.134 e. The van der Waals surface area contributed by atoms with Crippen LogP contribution in [0.4, 0.5) is 0 Å². The van der Waals surface area contributed by atoms with E-state index in [0.29, 0.717) is 5.92 Å². The van der Waals surface area contributed by atoms with Gasteiger partial charge in [0.15, 0.2) is 0 Å². The zero-order chi connectivity index (χ0) is 15.4. The van der Waals surface area contributed by atoms with Crippen LogP contribution in [0.25, 0.3) is 11.0 Å². The van der Waals surface area contributed by atoms with Crippen molar-refractivity contribution in [3.05, 3.63) is 35.6 Å². The summed E-state index contributed by atoms with van der Waals surface area (Å²) >= 11 is 0. The molecule has 0 atom stereocenters. The summed E-state index contributed by atoms with van der Waals surface area (Å²) in [5.74, 6) is 2.32. The van der Waals surface area contributed by atoms with Crippen LogP contribution in [-0.4, -0.2) is 18.5 Å².